The summed E-state index contributed by atoms with van der Waals surface area (Å²) in [5, 5.41) is 13.2. The van der Waals surface area contributed by atoms with E-state index in [2.05, 4.69) is 15.2 Å². The number of ether oxygens (including phenoxy) is 2. The molecule has 6 N–H and O–H groups in total. The first kappa shape index (κ1) is 22.3. The van der Waals surface area contributed by atoms with Crippen molar-refractivity contribution in [2.45, 2.75) is 25.5 Å². The Kier molecular flexibility index (Phi) is 5.99. The number of halogens is 1. The van der Waals surface area contributed by atoms with Crippen molar-refractivity contribution in [3.63, 3.8) is 0 Å². The number of benzene rings is 1. The van der Waals surface area contributed by atoms with Crippen molar-refractivity contribution in [2.75, 3.05) is 20.2 Å². The first-order valence-corrected chi connectivity index (χ1v) is 10.5. The highest BCUT2D eigenvalue weighted by atomic mass is 19.1. The zero-order valence-electron chi connectivity index (χ0n) is 18.3. The second-order valence-corrected chi connectivity index (χ2v) is 8.03. The molecule has 3 heterocycles. The van der Waals surface area contributed by atoms with Gasteiger partial charge < -0.3 is 36.3 Å². The lowest BCUT2D eigenvalue weighted by Crippen LogP contribution is -2.45. The van der Waals surface area contributed by atoms with Crippen LogP contribution in [0.15, 0.2) is 48.1 Å². The fourth-order valence-corrected chi connectivity index (χ4v) is 4.14. The van der Waals surface area contributed by atoms with Crippen LogP contribution in [0.1, 0.15) is 27.9 Å². The molecule has 1 aromatic carbocycles. The third kappa shape index (κ3) is 4.36. The Hall–Kier alpha value is -3.95. The molecule has 1 fully saturated rings. The Labute approximate surface area is 190 Å². The largest absolute Gasteiger partial charge is 0.504 e. The number of allylic oxidation sites excluding steroid dienone is 1. The number of methoxy groups -OCH3 is 1. The van der Waals surface area contributed by atoms with E-state index in [0.29, 0.717) is 48.0 Å². The van der Waals surface area contributed by atoms with E-state index in [4.69, 9.17) is 20.9 Å². The molecule has 174 valence electrons. The van der Waals surface area contributed by atoms with Crippen LogP contribution in [0.5, 0.6) is 11.6 Å². The number of carbonyl (C=O) groups is 1. The number of aromatic nitrogens is 1. The quantitative estimate of drug-likeness (QED) is 0.495. The standard InChI is InChI=1S/C23H26FN5O4/c1-12-6-20(27-10-16(12)23(31)32-2)33-14-7-13-9-28-22(26)19(29(13)11-14)8-18(25)15-4-3-5-17(24)21(15)30/h3-6,8,10,13-14,28,30H,7,9,11,25-26H2,1-2H3/b18-8-. The fraction of sp³-hybridized carbons (Fsp3) is 0.304. The van der Waals surface area contributed by atoms with Crippen LogP contribution in [0.3, 0.4) is 0 Å². The summed E-state index contributed by atoms with van der Waals surface area (Å²) in [5.41, 5.74) is 14.5. The van der Waals surface area contributed by atoms with Crippen molar-refractivity contribution < 1.29 is 23.8 Å². The van der Waals surface area contributed by atoms with Gasteiger partial charge in [-0.1, -0.05) is 6.07 Å². The number of esters is 1. The summed E-state index contributed by atoms with van der Waals surface area (Å²) in [5.74, 6) is -0.862. The number of nitrogens with one attached hydrogen (secondary N) is 1. The molecule has 0 radical (unpaired) electrons. The third-order valence-electron chi connectivity index (χ3n) is 5.86. The lowest BCUT2D eigenvalue weighted by atomic mass is 10.1. The molecule has 1 aromatic heterocycles. The number of fused-ring (bicyclic) bond motifs is 1. The molecule has 2 aliphatic heterocycles. The molecule has 2 unspecified atom stereocenters. The lowest BCUT2D eigenvalue weighted by molar-refractivity contribution is 0.0599. The van der Waals surface area contributed by atoms with Gasteiger partial charge in [-0.25, -0.2) is 14.2 Å². The Morgan fingerprint density at radius 3 is 2.91 bits per heavy atom. The molecule has 4 rings (SSSR count). The number of nitrogens with two attached hydrogens (primary N) is 2. The van der Waals surface area contributed by atoms with Crippen LogP contribution >= 0.6 is 0 Å². The lowest BCUT2D eigenvalue weighted by Gasteiger charge is -2.34. The number of aryl methyl sites for hydroxylation is 1. The second-order valence-electron chi connectivity index (χ2n) is 8.03. The number of aromatic hydroxyl groups is 1. The van der Waals surface area contributed by atoms with Gasteiger partial charge in [0.25, 0.3) is 0 Å². The molecular weight excluding hydrogens is 429 g/mol. The maximum Gasteiger partial charge on any atom is 0.339 e. The molecule has 0 aliphatic carbocycles. The minimum absolute atomic E-state index is 0.0953. The van der Waals surface area contributed by atoms with Crippen LogP contribution in [-0.2, 0) is 4.74 Å². The van der Waals surface area contributed by atoms with Crippen molar-refractivity contribution in [1.82, 2.24) is 15.2 Å². The smallest absolute Gasteiger partial charge is 0.339 e. The molecule has 33 heavy (non-hydrogen) atoms. The molecule has 0 spiro atoms. The van der Waals surface area contributed by atoms with Gasteiger partial charge in [0.05, 0.1) is 31.0 Å². The maximum absolute atomic E-state index is 13.7. The summed E-state index contributed by atoms with van der Waals surface area (Å²) in [7, 11) is 1.32. The number of phenols is 1. The van der Waals surface area contributed by atoms with Gasteiger partial charge >= 0.3 is 5.97 Å². The number of pyridine rings is 1. The van der Waals surface area contributed by atoms with Gasteiger partial charge in [0.15, 0.2) is 11.6 Å². The average molecular weight is 455 g/mol. The monoisotopic (exact) mass is 455 g/mol. The number of para-hydroxylation sites is 1. The summed E-state index contributed by atoms with van der Waals surface area (Å²) >= 11 is 0. The van der Waals surface area contributed by atoms with Crippen LogP contribution < -0.4 is 21.5 Å². The van der Waals surface area contributed by atoms with Gasteiger partial charge in [0, 0.05) is 36.5 Å². The van der Waals surface area contributed by atoms with Gasteiger partial charge in [-0.3, -0.25) is 0 Å². The number of hydrogen-bond donors (Lipinski definition) is 4. The normalized spacial score (nSPS) is 20.3. The summed E-state index contributed by atoms with van der Waals surface area (Å²) < 4.78 is 24.6. The minimum Gasteiger partial charge on any atom is -0.504 e. The molecule has 9 nitrogen and oxygen atoms in total. The Morgan fingerprint density at radius 2 is 2.18 bits per heavy atom. The van der Waals surface area contributed by atoms with E-state index in [0.717, 1.165) is 6.07 Å². The zero-order valence-corrected chi connectivity index (χ0v) is 18.3. The van der Waals surface area contributed by atoms with E-state index >= 15 is 0 Å². The van der Waals surface area contributed by atoms with E-state index < -0.39 is 17.5 Å². The average Bonchev–Trinajstić information content (AvgIpc) is 3.20. The molecule has 0 bridgehead atoms. The van der Waals surface area contributed by atoms with E-state index in [9.17, 15) is 14.3 Å². The number of hydrogen-bond acceptors (Lipinski definition) is 9. The highest BCUT2D eigenvalue weighted by Gasteiger charge is 2.37. The first-order chi connectivity index (χ1) is 15.8. The zero-order chi connectivity index (χ0) is 23.7. The Morgan fingerprint density at radius 1 is 1.39 bits per heavy atom. The predicted molar refractivity (Wildman–Crippen MR) is 119 cm³/mol. The van der Waals surface area contributed by atoms with Crippen LogP contribution in [0.25, 0.3) is 5.70 Å². The van der Waals surface area contributed by atoms with Crippen molar-refractivity contribution in [3.05, 3.63) is 70.6 Å². The van der Waals surface area contributed by atoms with Crippen LogP contribution in [-0.4, -0.2) is 53.3 Å². The highest BCUT2D eigenvalue weighted by molar-refractivity contribution is 5.90. The van der Waals surface area contributed by atoms with Gasteiger partial charge in [0.1, 0.15) is 11.9 Å². The van der Waals surface area contributed by atoms with Crippen molar-refractivity contribution in [1.29, 1.82) is 0 Å². The van der Waals surface area contributed by atoms with E-state index in [-0.39, 0.29) is 23.4 Å². The number of rotatable bonds is 5. The van der Waals surface area contributed by atoms with E-state index in [1.165, 1.54) is 25.4 Å². The second kappa shape index (κ2) is 8.89. The Bertz CT molecular complexity index is 1150. The number of phenolic OH excluding ortho intramolecular Hbond substituents is 1. The van der Waals surface area contributed by atoms with Gasteiger partial charge in [-0.05, 0) is 30.7 Å². The number of nitrogens with zero attached hydrogens (tertiary/aromatic N) is 2. The van der Waals surface area contributed by atoms with Gasteiger partial charge in [0.2, 0.25) is 5.88 Å². The molecule has 1 saturated heterocycles. The van der Waals surface area contributed by atoms with Crippen molar-refractivity contribution in [2.24, 2.45) is 11.5 Å². The molecule has 2 atom stereocenters. The third-order valence-corrected chi connectivity index (χ3v) is 5.86. The maximum atomic E-state index is 13.7. The molecule has 2 aliphatic rings. The number of carbonyl (C=O) groups excluding carboxylic acids is 1. The van der Waals surface area contributed by atoms with E-state index in [1.807, 2.05) is 0 Å². The predicted octanol–water partition coefficient (Wildman–Crippen LogP) is 1.57. The summed E-state index contributed by atoms with van der Waals surface area (Å²) in [6, 6.07) is 5.98. The van der Waals surface area contributed by atoms with Crippen molar-refractivity contribution in [3.8, 4) is 11.6 Å². The first-order valence-electron chi connectivity index (χ1n) is 10.5. The molecule has 0 saturated carbocycles. The molecule has 10 heteroatoms. The Balaban J connectivity index is 1.53. The molecular formula is C23H26FN5O4. The van der Waals surface area contributed by atoms with Crippen LogP contribution in [0.4, 0.5) is 4.39 Å². The minimum atomic E-state index is -0.749. The van der Waals surface area contributed by atoms with Crippen LogP contribution in [0.2, 0.25) is 0 Å². The molecule has 0 amide bonds. The molecule has 2 aromatic rings. The summed E-state index contributed by atoms with van der Waals surface area (Å²) in [6.45, 7) is 2.95. The topological polar surface area (TPSA) is 136 Å². The fourth-order valence-electron chi connectivity index (χ4n) is 4.14. The van der Waals surface area contributed by atoms with Crippen molar-refractivity contribution >= 4 is 11.7 Å². The highest BCUT2D eigenvalue weighted by Crippen LogP contribution is 2.32. The SMILES string of the molecule is COC(=O)c1cnc(OC2CC3CNC(N)=C(/C=C(\N)c4cccc(F)c4O)N3C2)cc1C. The van der Waals surface area contributed by atoms with Gasteiger partial charge in [-0.2, -0.15) is 0 Å². The van der Waals surface area contributed by atoms with E-state index in [1.54, 1.807) is 19.1 Å². The van der Waals surface area contributed by atoms with Gasteiger partial charge in [-0.15, -0.1) is 0 Å². The summed E-state index contributed by atoms with van der Waals surface area (Å²) in [4.78, 5) is 18.1. The van der Waals surface area contributed by atoms with Crippen LogP contribution in [0, 0.1) is 12.7 Å². The summed E-state index contributed by atoms with van der Waals surface area (Å²) in [6.07, 6.45) is 3.60.